The number of benzene rings is 2. The van der Waals surface area contributed by atoms with E-state index in [0.717, 1.165) is 21.9 Å². The van der Waals surface area contributed by atoms with Gasteiger partial charge in [-0.25, -0.2) is 13.8 Å². The maximum atomic E-state index is 13.1. The Morgan fingerprint density at radius 3 is 2.30 bits per heavy atom. The van der Waals surface area contributed by atoms with E-state index < -0.39 is 11.7 Å². The van der Waals surface area contributed by atoms with Crippen molar-refractivity contribution in [2.75, 3.05) is 5.32 Å². The Morgan fingerprint density at radius 2 is 1.60 bits per heavy atom. The van der Waals surface area contributed by atoms with Crippen molar-refractivity contribution in [3.63, 3.8) is 0 Å². The third-order valence-electron chi connectivity index (χ3n) is 3.81. The zero-order valence-corrected chi connectivity index (χ0v) is 17.4. The van der Waals surface area contributed by atoms with E-state index >= 15 is 0 Å². The van der Waals surface area contributed by atoms with Gasteiger partial charge in [-0.3, -0.25) is 4.79 Å². The third-order valence-corrected chi connectivity index (χ3v) is 6.08. The topological polar surface area (TPSA) is 67.8 Å². The van der Waals surface area contributed by atoms with Gasteiger partial charge in [0.1, 0.15) is 16.6 Å². The van der Waals surface area contributed by atoms with Crippen LogP contribution >= 0.6 is 34.3 Å². The van der Waals surface area contributed by atoms with E-state index in [4.69, 9.17) is 11.6 Å². The van der Waals surface area contributed by atoms with Gasteiger partial charge in [-0.1, -0.05) is 22.9 Å². The second-order valence-electron chi connectivity index (χ2n) is 5.95. The molecule has 1 N–H and O–H groups in total. The molecule has 0 saturated heterocycles. The number of nitrogens with one attached hydrogen (secondary N) is 1. The van der Waals surface area contributed by atoms with Gasteiger partial charge in [0.05, 0.1) is 10.7 Å². The maximum absolute atomic E-state index is 13.1. The Labute approximate surface area is 182 Å². The van der Waals surface area contributed by atoms with Gasteiger partial charge in [0, 0.05) is 16.6 Å². The summed E-state index contributed by atoms with van der Waals surface area (Å²) >= 11 is 8.74. The van der Waals surface area contributed by atoms with Crippen molar-refractivity contribution in [1.29, 1.82) is 0 Å². The smallest absolute Gasteiger partial charge is 0.286 e. The summed E-state index contributed by atoms with van der Waals surface area (Å²) in [6, 6.07) is 11.4. The Hall–Kier alpha value is -3.01. The predicted octanol–water partition coefficient (Wildman–Crippen LogP) is 5.93. The van der Waals surface area contributed by atoms with E-state index in [-0.39, 0.29) is 15.9 Å². The van der Waals surface area contributed by atoms with Crippen molar-refractivity contribution in [2.24, 2.45) is 0 Å². The van der Waals surface area contributed by atoms with E-state index in [0.29, 0.717) is 16.4 Å². The zero-order valence-electron chi connectivity index (χ0n) is 15.0. The van der Waals surface area contributed by atoms with Crippen LogP contribution in [0.25, 0.3) is 21.7 Å². The van der Waals surface area contributed by atoms with Crippen molar-refractivity contribution in [3.8, 4) is 10.6 Å². The van der Waals surface area contributed by atoms with Gasteiger partial charge < -0.3 is 5.32 Å². The third kappa shape index (κ3) is 4.76. The van der Waals surface area contributed by atoms with Crippen LogP contribution < -0.4 is 5.32 Å². The van der Waals surface area contributed by atoms with Crippen LogP contribution in [0.15, 0.2) is 53.9 Å². The van der Waals surface area contributed by atoms with Crippen molar-refractivity contribution in [1.82, 2.24) is 15.2 Å². The molecule has 0 aliphatic heterocycles. The van der Waals surface area contributed by atoms with Crippen LogP contribution in [-0.4, -0.2) is 21.1 Å². The molecular weight excluding hydrogens is 450 g/mol. The summed E-state index contributed by atoms with van der Waals surface area (Å²) < 4.78 is 26.0. The first kappa shape index (κ1) is 20.3. The number of carbonyl (C=O) groups is 1. The van der Waals surface area contributed by atoms with Crippen LogP contribution in [0.2, 0.25) is 0 Å². The fraction of sp³-hybridized carbons (Fsp3) is 0. The number of thiazole rings is 1. The number of nitrogens with zero attached hydrogens (tertiary/aromatic N) is 3. The molecule has 2 aromatic heterocycles. The van der Waals surface area contributed by atoms with Crippen LogP contribution in [0, 0.1) is 11.6 Å². The van der Waals surface area contributed by atoms with Crippen LogP contribution in [0.3, 0.4) is 0 Å². The minimum absolute atomic E-state index is 0.117. The fourth-order valence-corrected chi connectivity index (χ4v) is 4.09. The van der Waals surface area contributed by atoms with Crippen LogP contribution in [0.4, 0.5) is 14.5 Å². The summed E-state index contributed by atoms with van der Waals surface area (Å²) in [5.74, 6) is -1.18. The van der Waals surface area contributed by atoms with Crippen molar-refractivity contribution < 1.29 is 13.6 Å². The van der Waals surface area contributed by atoms with Crippen LogP contribution in [0.5, 0.6) is 0 Å². The number of halogens is 3. The predicted molar refractivity (Wildman–Crippen MR) is 115 cm³/mol. The van der Waals surface area contributed by atoms with Crippen molar-refractivity contribution in [3.05, 3.63) is 81.3 Å². The molecule has 0 aliphatic carbocycles. The summed E-state index contributed by atoms with van der Waals surface area (Å²) in [7, 11) is 0. The largest absolute Gasteiger partial charge is 0.320 e. The van der Waals surface area contributed by atoms with E-state index in [9.17, 15) is 13.6 Å². The molecule has 1 amide bonds. The summed E-state index contributed by atoms with van der Waals surface area (Å²) in [6.45, 7) is 0. The van der Waals surface area contributed by atoms with Crippen molar-refractivity contribution in [2.45, 2.75) is 0 Å². The number of amides is 1. The highest BCUT2D eigenvalue weighted by atomic mass is 35.5. The zero-order chi connectivity index (χ0) is 21.1. The lowest BCUT2D eigenvalue weighted by Gasteiger charge is -2.01. The van der Waals surface area contributed by atoms with Crippen molar-refractivity contribution >= 4 is 57.0 Å². The number of hydrogen-bond donors (Lipinski definition) is 1. The Morgan fingerprint density at radius 1 is 0.967 bits per heavy atom. The summed E-state index contributed by atoms with van der Waals surface area (Å²) in [6.07, 6.45) is 1.62. The summed E-state index contributed by atoms with van der Waals surface area (Å²) in [4.78, 5) is 16.7. The molecule has 150 valence electrons. The molecule has 0 aliphatic rings. The number of aromatic nitrogens is 3. The van der Waals surface area contributed by atoms with Gasteiger partial charge in [0.15, 0.2) is 5.01 Å². The van der Waals surface area contributed by atoms with Crippen LogP contribution in [-0.2, 0) is 0 Å². The first-order chi connectivity index (χ1) is 14.5. The molecular formula is C20H11ClF2N4OS2. The normalized spacial score (nSPS) is 11.5. The van der Waals surface area contributed by atoms with E-state index in [1.165, 1.54) is 47.7 Å². The Balaban J connectivity index is 1.47. The molecule has 5 nitrogen and oxygen atoms in total. The minimum Gasteiger partial charge on any atom is -0.320 e. The highest BCUT2D eigenvalue weighted by Crippen LogP contribution is 2.29. The van der Waals surface area contributed by atoms with Gasteiger partial charge in [0.25, 0.3) is 5.91 Å². The highest BCUT2D eigenvalue weighted by Gasteiger charge is 2.15. The fourth-order valence-electron chi connectivity index (χ4n) is 2.40. The molecule has 30 heavy (non-hydrogen) atoms. The lowest BCUT2D eigenvalue weighted by molar-refractivity contribution is 0.102. The van der Waals surface area contributed by atoms with Gasteiger partial charge in [0.2, 0.25) is 5.01 Å². The average molecular weight is 461 g/mol. The molecule has 2 aromatic carbocycles. The van der Waals surface area contributed by atoms with E-state index in [2.05, 4.69) is 20.5 Å². The minimum atomic E-state index is -0.470. The number of anilines is 1. The molecule has 0 fully saturated rings. The SMILES string of the molecule is O=C(Nc1ccc(F)cc1)c1nnc(/C(Cl)=C/c2csc(-c3ccc(F)cc3)n2)s1. The Bertz CT molecular complexity index is 1220. The lowest BCUT2D eigenvalue weighted by Crippen LogP contribution is -2.11. The summed E-state index contributed by atoms with van der Waals surface area (Å²) in [5.41, 5.74) is 1.85. The molecule has 0 saturated carbocycles. The maximum Gasteiger partial charge on any atom is 0.286 e. The first-order valence-corrected chi connectivity index (χ1v) is 10.5. The number of rotatable bonds is 5. The van der Waals surface area contributed by atoms with Gasteiger partial charge in [-0.05, 0) is 54.6 Å². The molecule has 4 aromatic rings. The first-order valence-electron chi connectivity index (χ1n) is 8.47. The lowest BCUT2D eigenvalue weighted by atomic mass is 10.2. The molecule has 4 rings (SSSR count). The monoisotopic (exact) mass is 460 g/mol. The van der Waals surface area contributed by atoms with E-state index in [1.807, 2.05) is 5.38 Å². The van der Waals surface area contributed by atoms with Crippen LogP contribution in [0.1, 0.15) is 20.5 Å². The average Bonchev–Trinajstić information content (AvgIpc) is 3.40. The highest BCUT2D eigenvalue weighted by molar-refractivity contribution is 7.15. The molecule has 0 spiro atoms. The number of carbonyl (C=O) groups excluding carboxylic acids is 1. The quantitative estimate of drug-likeness (QED) is 0.401. The van der Waals surface area contributed by atoms with Gasteiger partial charge in [-0.2, -0.15) is 0 Å². The standard InChI is InChI=1S/C20H11ClF2N4OS2/c21-16(9-15-10-29-18(25-15)11-1-3-12(22)4-2-11)19-26-27-20(30-19)17(28)24-14-7-5-13(23)6-8-14/h1-10H,(H,24,28)/b16-9-. The second kappa shape index (κ2) is 8.78. The second-order valence-corrected chi connectivity index (χ2v) is 8.19. The summed E-state index contributed by atoms with van der Waals surface area (Å²) in [5, 5.41) is 13.7. The molecule has 10 heteroatoms. The van der Waals surface area contributed by atoms with Gasteiger partial charge in [-0.15, -0.1) is 21.5 Å². The Kier molecular flexibility index (Phi) is 5.93. The molecule has 0 bridgehead atoms. The number of hydrogen-bond acceptors (Lipinski definition) is 6. The van der Waals surface area contributed by atoms with Gasteiger partial charge >= 0.3 is 0 Å². The van der Waals surface area contributed by atoms with E-state index in [1.54, 1.807) is 18.2 Å². The molecule has 0 unspecified atom stereocenters. The molecule has 0 atom stereocenters. The molecule has 0 radical (unpaired) electrons. The molecule has 2 heterocycles.